The first-order valence-corrected chi connectivity index (χ1v) is 2.23. The van der Waals surface area contributed by atoms with Gasteiger partial charge in [-0.2, -0.15) is 0 Å². The van der Waals surface area contributed by atoms with Crippen LogP contribution in [0.4, 0.5) is 9.41 Å². The Morgan fingerprint density at radius 1 is 1.00 bits per heavy atom. The van der Waals surface area contributed by atoms with E-state index in [9.17, 15) is 0 Å². The molecule has 45 valence electrons. The molecule has 0 unspecified atom stereocenters. The second-order valence-corrected chi connectivity index (χ2v) is 1.11. The smallest absolute Gasteiger partial charge is 0.108 e. The predicted molar refractivity (Wildman–Crippen MR) is 31.7 cm³/mol. The van der Waals surface area contributed by atoms with Gasteiger partial charge in [-0.3, -0.25) is 9.41 Å². The van der Waals surface area contributed by atoms with Crippen molar-refractivity contribution in [2.75, 3.05) is 0 Å². The molecule has 0 aromatic carbocycles. The Morgan fingerprint density at radius 3 is 1.29 bits per heavy atom. The van der Waals surface area contributed by atoms with Crippen molar-refractivity contribution in [2.45, 2.75) is 26.5 Å². The van der Waals surface area contributed by atoms with Crippen LogP contribution < -0.4 is 0 Å². The van der Waals surface area contributed by atoms with Crippen LogP contribution in [-0.2, 0) is 0 Å². The first-order chi connectivity index (χ1) is 2.41. The van der Waals surface area contributed by atoms with Crippen LogP contribution in [-0.4, -0.2) is 7.28 Å². The molecule has 0 aromatic rings. The number of hydrogen-bond donors (Lipinski definition) is 0. The molecule has 0 aromatic heterocycles. The molecule has 0 nitrogen and oxygen atoms in total. The minimum absolute atomic E-state index is 0. The van der Waals surface area contributed by atoms with Gasteiger partial charge in [-0.15, -0.1) is 0 Å². The lowest BCUT2D eigenvalue weighted by molar-refractivity contribution is 1.11. The van der Waals surface area contributed by atoms with E-state index in [0.29, 0.717) is 0 Å². The van der Waals surface area contributed by atoms with Crippen molar-refractivity contribution in [3.05, 3.63) is 0 Å². The molecule has 0 spiro atoms. The highest BCUT2D eigenvalue weighted by atomic mass is 19.0. The zero-order valence-electron chi connectivity index (χ0n) is 4.81. The zero-order valence-corrected chi connectivity index (χ0v) is 4.81. The SMILES string of the molecule is CC[B]CC.F.F. The van der Waals surface area contributed by atoms with E-state index in [1.807, 2.05) is 0 Å². The van der Waals surface area contributed by atoms with E-state index in [0.717, 1.165) is 0 Å². The van der Waals surface area contributed by atoms with Crippen LogP contribution >= 0.6 is 0 Å². The highest BCUT2D eigenvalue weighted by Gasteiger charge is 1.72. The first kappa shape index (κ1) is 15.8. The highest BCUT2D eigenvalue weighted by molar-refractivity contribution is 6.34. The molecule has 0 saturated heterocycles. The van der Waals surface area contributed by atoms with Crippen molar-refractivity contribution in [1.82, 2.24) is 0 Å². The van der Waals surface area contributed by atoms with Crippen LogP contribution in [0.25, 0.3) is 0 Å². The molecule has 0 amide bonds. The molecule has 1 radical (unpaired) electrons. The molecule has 0 rings (SSSR count). The fraction of sp³-hybridized carbons (Fsp3) is 1.00. The Balaban J connectivity index is -0.0000000800. The maximum Gasteiger partial charge on any atom is 0.108 e. The van der Waals surface area contributed by atoms with Gasteiger partial charge in [0.2, 0.25) is 0 Å². The average Bonchev–Trinajstić information content (AvgIpc) is 1.41. The third-order valence-corrected chi connectivity index (χ3v) is 0.577. The summed E-state index contributed by atoms with van der Waals surface area (Å²) < 4.78 is 0. The molecule has 0 heterocycles. The van der Waals surface area contributed by atoms with Crippen LogP contribution in [0, 0.1) is 0 Å². The minimum atomic E-state index is 0. The monoisotopic (exact) mass is 109 g/mol. The Kier molecular flexibility index (Phi) is 37.9. The lowest BCUT2D eigenvalue weighted by Gasteiger charge is -1.75. The summed E-state index contributed by atoms with van der Waals surface area (Å²) in [6.07, 6.45) is 2.44. The van der Waals surface area contributed by atoms with E-state index in [-0.39, 0.29) is 9.41 Å². The number of hydrogen-bond acceptors (Lipinski definition) is 0. The van der Waals surface area contributed by atoms with Crippen LogP contribution in [0.1, 0.15) is 13.8 Å². The molecular weight excluding hydrogens is 96.9 g/mol. The van der Waals surface area contributed by atoms with Crippen molar-refractivity contribution < 1.29 is 9.41 Å². The zero-order chi connectivity index (χ0) is 4.12. The van der Waals surface area contributed by atoms with Gasteiger partial charge in [0.15, 0.2) is 0 Å². The van der Waals surface area contributed by atoms with E-state index < -0.39 is 0 Å². The first-order valence-electron chi connectivity index (χ1n) is 2.23. The Bertz CT molecular complexity index is 17.2. The summed E-state index contributed by atoms with van der Waals surface area (Å²) in [6.45, 7) is 4.31. The Morgan fingerprint density at radius 2 is 1.29 bits per heavy atom. The molecule has 0 aliphatic rings. The summed E-state index contributed by atoms with van der Waals surface area (Å²) in [5, 5.41) is 0. The number of halogens is 2. The van der Waals surface area contributed by atoms with Crippen molar-refractivity contribution >= 4 is 7.28 Å². The van der Waals surface area contributed by atoms with E-state index in [1.54, 1.807) is 0 Å². The molecule has 0 aliphatic heterocycles. The quantitative estimate of drug-likeness (QED) is 0.475. The molecule has 0 saturated carbocycles. The molecule has 0 fully saturated rings. The molecule has 7 heavy (non-hydrogen) atoms. The third kappa shape index (κ3) is 24.6. The molecule has 3 heteroatoms. The van der Waals surface area contributed by atoms with Gasteiger partial charge in [0.05, 0.1) is 0 Å². The fourth-order valence-corrected chi connectivity index (χ4v) is 0.289. The van der Waals surface area contributed by atoms with Gasteiger partial charge >= 0.3 is 0 Å². The normalized spacial score (nSPS) is 5.43. The fourth-order valence-electron chi connectivity index (χ4n) is 0.289. The Hall–Kier alpha value is -0.0751. The number of rotatable bonds is 2. The van der Waals surface area contributed by atoms with Gasteiger partial charge in [0.1, 0.15) is 7.28 Å². The van der Waals surface area contributed by atoms with Crippen molar-refractivity contribution in [2.24, 2.45) is 0 Å². The topological polar surface area (TPSA) is 0 Å². The summed E-state index contributed by atoms with van der Waals surface area (Å²) >= 11 is 0. The predicted octanol–water partition coefficient (Wildman–Crippen LogP) is 1.87. The molecular formula is C4H12BF2. The standard InChI is InChI=1S/C4H10B.2FH/c1-3-5-4-2;;/h3-4H2,1-2H3;2*1H. The van der Waals surface area contributed by atoms with Gasteiger partial charge in [0, 0.05) is 0 Å². The lowest BCUT2D eigenvalue weighted by atomic mass is 9.73. The van der Waals surface area contributed by atoms with Crippen molar-refractivity contribution in [3.8, 4) is 0 Å². The van der Waals surface area contributed by atoms with Crippen LogP contribution in [0.2, 0.25) is 12.6 Å². The summed E-state index contributed by atoms with van der Waals surface area (Å²) in [4.78, 5) is 0. The maximum atomic E-state index is 2.25. The van der Waals surface area contributed by atoms with E-state index in [1.165, 1.54) is 12.6 Å². The highest BCUT2D eigenvalue weighted by Crippen LogP contribution is 1.77. The van der Waals surface area contributed by atoms with Crippen LogP contribution in [0.5, 0.6) is 0 Å². The average molecular weight is 109 g/mol. The Labute approximate surface area is 44.3 Å². The van der Waals surface area contributed by atoms with E-state index in [4.69, 9.17) is 0 Å². The maximum absolute atomic E-state index is 2.25. The van der Waals surface area contributed by atoms with Crippen LogP contribution in [0.15, 0.2) is 0 Å². The second-order valence-electron chi connectivity index (χ2n) is 1.11. The van der Waals surface area contributed by atoms with Crippen LogP contribution in [0.3, 0.4) is 0 Å². The molecule has 0 bridgehead atoms. The molecule has 0 aliphatic carbocycles. The molecule has 0 atom stereocenters. The van der Waals surface area contributed by atoms with Gasteiger partial charge in [0.25, 0.3) is 0 Å². The van der Waals surface area contributed by atoms with Gasteiger partial charge in [-0.25, -0.2) is 0 Å². The summed E-state index contributed by atoms with van der Waals surface area (Å²) in [7, 11) is 2.25. The largest absolute Gasteiger partial charge is 0.269 e. The lowest BCUT2D eigenvalue weighted by Crippen LogP contribution is -1.76. The van der Waals surface area contributed by atoms with Gasteiger partial charge in [-0.05, 0) is 0 Å². The second kappa shape index (κ2) is 16.8. The summed E-state index contributed by atoms with van der Waals surface area (Å²) in [5.41, 5.74) is 0. The molecule has 0 N–H and O–H groups in total. The summed E-state index contributed by atoms with van der Waals surface area (Å²) in [5.74, 6) is 0. The summed E-state index contributed by atoms with van der Waals surface area (Å²) in [6, 6.07) is 0. The van der Waals surface area contributed by atoms with Gasteiger partial charge in [-0.1, -0.05) is 26.5 Å². The third-order valence-electron chi connectivity index (χ3n) is 0.577. The van der Waals surface area contributed by atoms with Gasteiger partial charge < -0.3 is 0 Å². The van der Waals surface area contributed by atoms with Crippen molar-refractivity contribution in [1.29, 1.82) is 0 Å². The van der Waals surface area contributed by atoms with E-state index >= 15 is 0 Å². The minimum Gasteiger partial charge on any atom is -0.269 e. The van der Waals surface area contributed by atoms with E-state index in [2.05, 4.69) is 21.1 Å². The van der Waals surface area contributed by atoms with Crippen molar-refractivity contribution in [3.63, 3.8) is 0 Å².